The summed E-state index contributed by atoms with van der Waals surface area (Å²) < 4.78 is 20.8. The lowest BCUT2D eigenvalue weighted by Crippen LogP contribution is -2.19. The Morgan fingerprint density at radius 3 is 2.42 bits per heavy atom. The van der Waals surface area contributed by atoms with Crippen molar-refractivity contribution in [2.45, 2.75) is 26.2 Å². The van der Waals surface area contributed by atoms with Gasteiger partial charge < -0.3 is 10.1 Å². The Morgan fingerprint density at radius 2 is 1.77 bits per heavy atom. The molecule has 7 heteroatoms. The molecule has 0 radical (unpaired) electrons. The Kier molecular flexibility index (Phi) is 5.19. The largest absolute Gasteiger partial charge is 0.497 e. The van der Waals surface area contributed by atoms with Crippen LogP contribution in [0.1, 0.15) is 37.0 Å². The summed E-state index contributed by atoms with van der Waals surface area (Å²) in [5.41, 5.74) is 2.90. The van der Waals surface area contributed by atoms with Gasteiger partial charge in [0.05, 0.1) is 24.2 Å². The number of hydrogen-bond acceptors (Lipinski definition) is 4. The lowest BCUT2D eigenvalue weighted by molar-refractivity contribution is 0.101. The molecule has 4 aromatic rings. The second kappa shape index (κ2) is 7.83. The smallest absolute Gasteiger partial charge is 0.274 e. The highest BCUT2D eigenvalue weighted by molar-refractivity contribution is 6.04. The Bertz CT molecular complexity index is 1260. The predicted octanol–water partition coefficient (Wildman–Crippen LogP) is 5.09. The molecule has 0 fully saturated rings. The van der Waals surface area contributed by atoms with Gasteiger partial charge in [-0.25, -0.2) is 13.9 Å². The molecule has 0 aliphatic heterocycles. The van der Waals surface area contributed by atoms with Gasteiger partial charge in [0.15, 0.2) is 5.65 Å². The lowest BCUT2D eigenvalue weighted by Gasteiger charge is -2.13. The number of methoxy groups -OCH3 is 1. The van der Waals surface area contributed by atoms with Crippen molar-refractivity contribution < 1.29 is 13.9 Å². The van der Waals surface area contributed by atoms with E-state index in [0.29, 0.717) is 11.3 Å². The number of nitrogens with zero attached hydrogens (tertiary/aromatic N) is 3. The number of benzene rings is 2. The molecule has 1 amide bonds. The van der Waals surface area contributed by atoms with Crippen LogP contribution >= 0.6 is 0 Å². The maximum absolute atomic E-state index is 14.1. The van der Waals surface area contributed by atoms with Crippen LogP contribution in [0, 0.1) is 5.82 Å². The number of halogens is 1. The molecule has 0 saturated carbocycles. The summed E-state index contributed by atoms with van der Waals surface area (Å²) >= 11 is 0. The Hall–Kier alpha value is -3.74. The highest BCUT2D eigenvalue weighted by Crippen LogP contribution is 2.26. The fraction of sp³-hybridized carbons (Fsp3) is 0.208. The maximum Gasteiger partial charge on any atom is 0.274 e. The number of para-hydroxylation sites is 1. The fourth-order valence-electron chi connectivity index (χ4n) is 3.16. The van der Waals surface area contributed by atoms with Gasteiger partial charge in [0.1, 0.15) is 17.3 Å². The van der Waals surface area contributed by atoms with Crippen molar-refractivity contribution in [2.75, 3.05) is 12.4 Å². The number of hydrogen-bond donors (Lipinski definition) is 1. The first-order chi connectivity index (χ1) is 14.8. The third-order valence-electron chi connectivity index (χ3n) is 4.94. The maximum atomic E-state index is 14.1. The van der Waals surface area contributed by atoms with Crippen molar-refractivity contribution >= 4 is 17.2 Å². The van der Waals surface area contributed by atoms with Crippen LogP contribution in [0.2, 0.25) is 0 Å². The zero-order valence-electron chi connectivity index (χ0n) is 17.8. The monoisotopic (exact) mass is 418 g/mol. The van der Waals surface area contributed by atoms with Gasteiger partial charge in [-0.15, -0.1) is 0 Å². The van der Waals surface area contributed by atoms with Crippen molar-refractivity contribution in [1.29, 1.82) is 0 Å². The molecule has 0 spiro atoms. The van der Waals surface area contributed by atoms with Gasteiger partial charge in [-0.2, -0.15) is 5.10 Å². The van der Waals surface area contributed by atoms with Gasteiger partial charge in [-0.3, -0.25) is 4.79 Å². The molecular weight excluding hydrogens is 395 g/mol. The molecule has 0 saturated heterocycles. The summed E-state index contributed by atoms with van der Waals surface area (Å²) in [6, 6.07) is 17.0. The van der Waals surface area contributed by atoms with E-state index < -0.39 is 11.7 Å². The zero-order chi connectivity index (χ0) is 22.2. The number of fused-ring (bicyclic) bond motifs is 1. The minimum Gasteiger partial charge on any atom is -0.497 e. The van der Waals surface area contributed by atoms with Gasteiger partial charge in [0, 0.05) is 17.0 Å². The number of amides is 1. The van der Waals surface area contributed by atoms with Crippen LogP contribution in [0.15, 0.2) is 60.7 Å². The van der Waals surface area contributed by atoms with E-state index in [4.69, 9.17) is 9.72 Å². The summed E-state index contributed by atoms with van der Waals surface area (Å²) in [5, 5.41) is 7.25. The molecule has 2 aromatic heterocycles. The number of aromatic nitrogens is 3. The minimum atomic E-state index is -0.507. The van der Waals surface area contributed by atoms with Crippen LogP contribution < -0.4 is 10.1 Å². The molecule has 0 atom stereocenters. The van der Waals surface area contributed by atoms with Gasteiger partial charge >= 0.3 is 0 Å². The lowest BCUT2D eigenvalue weighted by atomic mass is 9.93. The van der Waals surface area contributed by atoms with Crippen molar-refractivity contribution in [2.24, 2.45) is 0 Å². The molecule has 4 rings (SSSR count). The number of anilines is 1. The van der Waals surface area contributed by atoms with Gasteiger partial charge in [0.2, 0.25) is 0 Å². The van der Waals surface area contributed by atoms with Gasteiger partial charge in [-0.1, -0.05) is 32.9 Å². The van der Waals surface area contributed by atoms with E-state index in [1.807, 2.05) is 51.1 Å². The molecule has 2 aromatic carbocycles. The summed E-state index contributed by atoms with van der Waals surface area (Å²) in [5.74, 6) is -0.259. The van der Waals surface area contributed by atoms with E-state index in [9.17, 15) is 9.18 Å². The zero-order valence-corrected chi connectivity index (χ0v) is 17.8. The first-order valence-corrected chi connectivity index (χ1v) is 9.88. The molecule has 2 heterocycles. The second-order valence-corrected chi connectivity index (χ2v) is 8.24. The second-order valence-electron chi connectivity index (χ2n) is 8.24. The van der Waals surface area contributed by atoms with Crippen LogP contribution in [-0.4, -0.2) is 27.6 Å². The third kappa shape index (κ3) is 4.12. The van der Waals surface area contributed by atoms with Crippen LogP contribution in [-0.2, 0) is 5.41 Å². The normalized spacial score (nSPS) is 11.5. The molecule has 0 unspecified atom stereocenters. The summed E-state index contributed by atoms with van der Waals surface area (Å²) in [7, 11) is 1.60. The number of carbonyl (C=O) groups is 1. The van der Waals surface area contributed by atoms with E-state index in [1.165, 1.54) is 16.6 Å². The SMILES string of the molecule is COc1ccc(-c2cc(C(=O)Nc3ccccc3F)n3nc(C(C)(C)C)cc3n2)cc1. The van der Waals surface area contributed by atoms with E-state index in [2.05, 4.69) is 10.4 Å². The van der Waals surface area contributed by atoms with Crippen molar-refractivity contribution in [3.63, 3.8) is 0 Å². The fourth-order valence-corrected chi connectivity index (χ4v) is 3.16. The average Bonchev–Trinajstić information content (AvgIpc) is 3.19. The summed E-state index contributed by atoms with van der Waals surface area (Å²) in [6.45, 7) is 6.12. The van der Waals surface area contributed by atoms with Crippen LogP contribution in [0.4, 0.5) is 10.1 Å². The quantitative estimate of drug-likeness (QED) is 0.501. The highest BCUT2D eigenvalue weighted by Gasteiger charge is 2.22. The van der Waals surface area contributed by atoms with Gasteiger partial charge in [-0.05, 0) is 42.5 Å². The molecule has 0 aliphatic rings. The van der Waals surface area contributed by atoms with E-state index in [0.717, 1.165) is 17.0 Å². The van der Waals surface area contributed by atoms with E-state index in [-0.39, 0.29) is 16.8 Å². The molecular formula is C24H23FN4O2. The van der Waals surface area contributed by atoms with Crippen LogP contribution in [0.25, 0.3) is 16.9 Å². The van der Waals surface area contributed by atoms with Crippen LogP contribution in [0.5, 0.6) is 5.75 Å². The number of rotatable bonds is 4. The summed E-state index contributed by atoms with van der Waals surface area (Å²) in [6.07, 6.45) is 0. The van der Waals surface area contributed by atoms with E-state index in [1.54, 1.807) is 25.3 Å². The summed E-state index contributed by atoms with van der Waals surface area (Å²) in [4.78, 5) is 17.8. The standard InChI is InChI=1S/C24H23FN4O2/c1-24(2,3)21-14-22-26-19(15-9-11-16(31-4)12-10-15)13-20(29(22)28-21)23(30)27-18-8-6-5-7-17(18)25/h5-14H,1-4H3,(H,27,30). The van der Waals surface area contributed by atoms with Crippen molar-refractivity contribution in [1.82, 2.24) is 14.6 Å². The molecule has 31 heavy (non-hydrogen) atoms. The Labute approximate surface area is 179 Å². The minimum absolute atomic E-state index is 0.103. The first-order valence-electron chi connectivity index (χ1n) is 9.88. The Morgan fingerprint density at radius 1 is 1.06 bits per heavy atom. The third-order valence-corrected chi connectivity index (χ3v) is 4.94. The van der Waals surface area contributed by atoms with Crippen molar-refractivity contribution in [3.8, 4) is 17.0 Å². The molecule has 0 aliphatic carbocycles. The number of ether oxygens (including phenoxy) is 1. The highest BCUT2D eigenvalue weighted by atomic mass is 19.1. The average molecular weight is 418 g/mol. The molecule has 1 N–H and O–H groups in total. The molecule has 158 valence electrons. The topological polar surface area (TPSA) is 68.5 Å². The van der Waals surface area contributed by atoms with Crippen LogP contribution in [0.3, 0.4) is 0 Å². The van der Waals surface area contributed by atoms with Gasteiger partial charge in [0.25, 0.3) is 5.91 Å². The first kappa shape index (κ1) is 20.5. The Balaban J connectivity index is 1.85. The van der Waals surface area contributed by atoms with E-state index >= 15 is 0 Å². The number of carbonyl (C=O) groups excluding carboxylic acids is 1. The number of nitrogens with one attached hydrogen (secondary N) is 1. The van der Waals surface area contributed by atoms with Crippen molar-refractivity contribution in [3.05, 3.63) is 77.9 Å². The molecule has 6 nitrogen and oxygen atoms in total. The predicted molar refractivity (Wildman–Crippen MR) is 118 cm³/mol. The molecule has 0 bridgehead atoms.